The van der Waals surface area contributed by atoms with Crippen LogP contribution >= 0.6 is 0 Å². The van der Waals surface area contributed by atoms with Crippen molar-refractivity contribution >= 4 is 11.6 Å². The molecule has 26 heavy (non-hydrogen) atoms. The molecular formula is C20H27FN4O. The predicted octanol–water partition coefficient (Wildman–Crippen LogP) is 3.05. The summed E-state index contributed by atoms with van der Waals surface area (Å²) in [6, 6.07) is 9.69. The zero-order valence-corrected chi connectivity index (χ0v) is 15.6. The molecule has 140 valence electrons. The van der Waals surface area contributed by atoms with Crippen LogP contribution in [0.15, 0.2) is 36.5 Å². The summed E-state index contributed by atoms with van der Waals surface area (Å²) in [6.07, 6.45) is 2.94. The number of rotatable bonds is 3. The molecule has 0 unspecified atom stereocenters. The quantitative estimate of drug-likeness (QED) is 0.789. The van der Waals surface area contributed by atoms with E-state index < -0.39 is 5.82 Å². The minimum Gasteiger partial charge on any atom is -0.388 e. The molecular weight excluding hydrogens is 331 g/mol. The first-order valence-electron chi connectivity index (χ1n) is 8.87. The molecule has 1 fully saturated rings. The molecule has 2 aromatic rings. The number of anilines is 1. The fraction of sp³-hybridized carbons (Fsp3) is 0.400. The van der Waals surface area contributed by atoms with Crippen LogP contribution in [0.5, 0.6) is 0 Å². The number of pyridine rings is 1. The van der Waals surface area contributed by atoms with E-state index in [0.29, 0.717) is 11.3 Å². The fourth-order valence-corrected chi connectivity index (χ4v) is 2.77. The Balaban J connectivity index is 0.000000228. The number of amides is 1. The molecule has 1 aliphatic heterocycles. The highest BCUT2D eigenvalue weighted by Gasteiger charge is 2.18. The third-order valence-electron chi connectivity index (χ3n) is 4.28. The number of halogens is 1. The lowest BCUT2D eigenvalue weighted by Crippen LogP contribution is -2.42. The second-order valence-corrected chi connectivity index (χ2v) is 6.40. The highest BCUT2D eigenvalue weighted by molar-refractivity contribution is 5.95. The van der Waals surface area contributed by atoms with Crippen molar-refractivity contribution < 1.29 is 9.18 Å². The molecule has 1 aromatic heterocycles. The first kappa shape index (κ1) is 19.8. The molecule has 0 aliphatic carbocycles. The van der Waals surface area contributed by atoms with E-state index in [1.54, 1.807) is 6.92 Å². The van der Waals surface area contributed by atoms with Gasteiger partial charge in [0.05, 0.1) is 17.5 Å². The SMILES string of the molecule is CNc1cccc(C)c1.Cc1ncc(F)cc1C(=O)NC1CCNCC1. The van der Waals surface area contributed by atoms with Gasteiger partial charge in [0.1, 0.15) is 5.82 Å². The molecule has 0 spiro atoms. The molecule has 0 radical (unpaired) electrons. The average Bonchev–Trinajstić information content (AvgIpc) is 2.65. The minimum atomic E-state index is -0.480. The molecule has 3 N–H and O–H groups in total. The fourth-order valence-electron chi connectivity index (χ4n) is 2.77. The topological polar surface area (TPSA) is 66.0 Å². The van der Waals surface area contributed by atoms with Crippen molar-refractivity contribution in [3.05, 3.63) is 59.2 Å². The summed E-state index contributed by atoms with van der Waals surface area (Å²) in [6.45, 7) is 5.61. The number of hydrogen-bond acceptors (Lipinski definition) is 4. The molecule has 1 saturated heterocycles. The van der Waals surface area contributed by atoms with Crippen molar-refractivity contribution in [2.75, 3.05) is 25.5 Å². The van der Waals surface area contributed by atoms with Crippen molar-refractivity contribution in [1.82, 2.24) is 15.6 Å². The molecule has 1 aromatic carbocycles. The van der Waals surface area contributed by atoms with Crippen LogP contribution in [0, 0.1) is 19.7 Å². The van der Waals surface area contributed by atoms with Crippen molar-refractivity contribution in [3.63, 3.8) is 0 Å². The summed E-state index contributed by atoms with van der Waals surface area (Å²) in [5.41, 5.74) is 3.35. The summed E-state index contributed by atoms with van der Waals surface area (Å²) >= 11 is 0. The maximum atomic E-state index is 13.0. The van der Waals surface area contributed by atoms with Crippen molar-refractivity contribution in [2.24, 2.45) is 0 Å². The molecule has 5 nitrogen and oxygen atoms in total. The zero-order chi connectivity index (χ0) is 18.9. The van der Waals surface area contributed by atoms with Gasteiger partial charge >= 0.3 is 0 Å². The Labute approximate surface area is 154 Å². The molecule has 3 rings (SSSR count). The Kier molecular flexibility index (Phi) is 7.53. The molecule has 0 atom stereocenters. The second kappa shape index (κ2) is 9.87. The maximum Gasteiger partial charge on any atom is 0.253 e. The number of benzene rings is 1. The van der Waals surface area contributed by atoms with Crippen LogP contribution in [0.25, 0.3) is 0 Å². The lowest BCUT2D eigenvalue weighted by molar-refractivity contribution is 0.0928. The van der Waals surface area contributed by atoms with Gasteiger partial charge in [0.25, 0.3) is 5.91 Å². The second-order valence-electron chi connectivity index (χ2n) is 6.40. The number of aryl methyl sites for hydroxylation is 2. The highest BCUT2D eigenvalue weighted by atomic mass is 19.1. The summed E-state index contributed by atoms with van der Waals surface area (Å²) < 4.78 is 13.0. The van der Waals surface area contributed by atoms with E-state index in [4.69, 9.17) is 0 Å². The van der Waals surface area contributed by atoms with Crippen LogP contribution in [-0.4, -0.2) is 37.1 Å². The molecule has 1 aliphatic rings. The van der Waals surface area contributed by atoms with E-state index in [9.17, 15) is 9.18 Å². The van der Waals surface area contributed by atoms with Gasteiger partial charge in [-0.05, 0) is 63.5 Å². The zero-order valence-electron chi connectivity index (χ0n) is 15.6. The van der Waals surface area contributed by atoms with Crippen molar-refractivity contribution in [1.29, 1.82) is 0 Å². The number of carbonyl (C=O) groups is 1. The van der Waals surface area contributed by atoms with Crippen LogP contribution in [-0.2, 0) is 0 Å². The van der Waals surface area contributed by atoms with Crippen molar-refractivity contribution in [2.45, 2.75) is 32.7 Å². The summed E-state index contributed by atoms with van der Waals surface area (Å²) in [5, 5.41) is 9.21. The number of aromatic nitrogens is 1. The van der Waals surface area contributed by atoms with Gasteiger partial charge in [0.2, 0.25) is 0 Å². The third kappa shape index (κ3) is 6.11. The Bertz CT molecular complexity index is 730. The number of nitrogens with one attached hydrogen (secondary N) is 3. The van der Waals surface area contributed by atoms with Gasteiger partial charge in [0.15, 0.2) is 0 Å². The van der Waals surface area contributed by atoms with Crippen LogP contribution in [0.1, 0.15) is 34.5 Å². The third-order valence-corrected chi connectivity index (χ3v) is 4.28. The number of carbonyl (C=O) groups excluding carboxylic acids is 1. The van der Waals surface area contributed by atoms with Crippen LogP contribution in [0.4, 0.5) is 10.1 Å². The first-order valence-corrected chi connectivity index (χ1v) is 8.87. The van der Waals surface area contributed by atoms with E-state index in [2.05, 4.69) is 40.0 Å². The Morgan fingerprint density at radius 2 is 1.96 bits per heavy atom. The van der Waals surface area contributed by atoms with E-state index in [-0.39, 0.29) is 11.9 Å². The lowest BCUT2D eigenvalue weighted by atomic mass is 10.1. The maximum absolute atomic E-state index is 13.0. The minimum absolute atomic E-state index is 0.173. The van der Waals surface area contributed by atoms with Gasteiger partial charge in [-0.2, -0.15) is 0 Å². The highest BCUT2D eigenvalue weighted by Crippen LogP contribution is 2.09. The first-order chi connectivity index (χ1) is 12.5. The van der Waals surface area contributed by atoms with Crippen LogP contribution in [0.3, 0.4) is 0 Å². The number of hydrogen-bond donors (Lipinski definition) is 3. The van der Waals surface area contributed by atoms with E-state index in [1.165, 1.54) is 17.3 Å². The van der Waals surface area contributed by atoms with Crippen molar-refractivity contribution in [3.8, 4) is 0 Å². The van der Waals surface area contributed by atoms with E-state index in [1.807, 2.05) is 19.2 Å². The predicted molar refractivity (Wildman–Crippen MR) is 103 cm³/mol. The number of piperidine rings is 1. The molecule has 0 bridgehead atoms. The monoisotopic (exact) mass is 358 g/mol. The van der Waals surface area contributed by atoms with Gasteiger partial charge < -0.3 is 16.0 Å². The lowest BCUT2D eigenvalue weighted by Gasteiger charge is -2.23. The van der Waals surface area contributed by atoms with E-state index in [0.717, 1.165) is 32.1 Å². The molecule has 0 saturated carbocycles. The Morgan fingerprint density at radius 1 is 1.23 bits per heavy atom. The molecule has 2 heterocycles. The van der Waals surface area contributed by atoms with Gasteiger partial charge in [0, 0.05) is 18.8 Å². The molecule has 1 amide bonds. The Hall–Kier alpha value is -2.47. The number of nitrogens with zero attached hydrogens (tertiary/aromatic N) is 1. The Morgan fingerprint density at radius 3 is 2.58 bits per heavy atom. The van der Waals surface area contributed by atoms with Crippen LogP contribution < -0.4 is 16.0 Å². The van der Waals surface area contributed by atoms with Gasteiger partial charge in [-0.3, -0.25) is 9.78 Å². The van der Waals surface area contributed by atoms with E-state index >= 15 is 0 Å². The van der Waals surface area contributed by atoms with Gasteiger partial charge in [-0.25, -0.2) is 4.39 Å². The average molecular weight is 358 g/mol. The standard InChI is InChI=1S/C12H16FN3O.C8H11N/c1-8-11(6-9(13)7-15-8)12(17)16-10-2-4-14-5-3-10;1-7-4-3-5-8(6-7)9-2/h6-7,10,14H,2-5H2,1H3,(H,16,17);3-6,9H,1-2H3. The van der Waals surface area contributed by atoms with Gasteiger partial charge in [-0.1, -0.05) is 12.1 Å². The summed E-state index contributed by atoms with van der Waals surface area (Å²) in [7, 11) is 1.93. The summed E-state index contributed by atoms with van der Waals surface area (Å²) in [5.74, 6) is -0.715. The van der Waals surface area contributed by atoms with Crippen LogP contribution in [0.2, 0.25) is 0 Å². The smallest absolute Gasteiger partial charge is 0.253 e. The van der Waals surface area contributed by atoms with Gasteiger partial charge in [-0.15, -0.1) is 0 Å². The summed E-state index contributed by atoms with van der Waals surface area (Å²) in [4.78, 5) is 15.8. The largest absolute Gasteiger partial charge is 0.388 e. The molecule has 6 heteroatoms. The normalized spacial score (nSPS) is 14.2.